The second-order valence-corrected chi connectivity index (χ2v) is 4.89. The molecule has 3 aromatic rings. The van der Waals surface area contributed by atoms with Gasteiger partial charge in [0.05, 0.1) is 12.4 Å². The molecule has 0 radical (unpaired) electrons. The van der Waals surface area contributed by atoms with Gasteiger partial charge in [0.15, 0.2) is 5.82 Å². The van der Waals surface area contributed by atoms with Crippen molar-refractivity contribution in [1.29, 1.82) is 0 Å². The molecule has 1 heterocycles. The summed E-state index contributed by atoms with van der Waals surface area (Å²) in [4.78, 5) is 14.7. The third-order valence-corrected chi connectivity index (χ3v) is 3.07. The summed E-state index contributed by atoms with van der Waals surface area (Å²) in [5.41, 5.74) is 4.07. The number of nitrogens with zero attached hydrogens (tertiary/aromatic N) is 3. The number of rotatable bonds is 6. The quantitative estimate of drug-likeness (QED) is 0.536. The minimum absolute atomic E-state index is 0.270. The van der Waals surface area contributed by atoms with Gasteiger partial charge in [0, 0.05) is 0 Å². The fraction of sp³-hybridized carbons (Fsp3) is 0.0588. The van der Waals surface area contributed by atoms with Gasteiger partial charge in [-0.1, -0.05) is 42.5 Å². The van der Waals surface area contributed by atoms with E-state index in [1.807, 2.05) is 54.6 Å². The zero-order valence-electron chi connectivity index (χ0n) is 12.7. The van der Waals surface area contributed by atoms with Crippen molar-refractivity contribution in [1.82, 2.24) is 15.2 Å². The average molecular weight is 321 g/mol. The summed E-state index contributed by atoms with van der Waals surface area (Å²) >= 11 is 0. The number of H-pyrrole nitrogens is 1. The Morgan fingerprint density at radius 3 is 2.88 bits per heavy atom. The van der Waals surface area contributed by atoms with Gasteiger partial charge in [0.1, 0.15) is 12.4 Å². The van der Waals surface area contributed by atoms with Crippen molar-refractivity contribution in [3.8, 4) is 5.75 Å². The molecular formula is C17H15N5O2. The van der Waals surface area contributed by atoms with E-state index in [9.17, 15) is 4.79 Å². The van der Waals surface area contributed by atoms with E-state index in [2.05, 4.69) is 25.7 Å². The molecule has 0 saturated carbocycles. The maximum atomic E-state index is 11.0. The minimum Gasteiger partial charge on any atom is -0.489 e. The van der Waals surface area contributed by atoms with Crippen molar-refractivity contribution >= 4 is 12.0 Å². The van der Waals surface area contributed by atoms with E-state index >= 15 is 0 Å². The van der Waals surface area contributed by atoms with Gasteiger partial charge in [0.25, 0.3) is 0 Å². The topological polar surface area (TPSA) is 92.3 Å². The molecule has 3 rings (SSSR count). The van der Waals surface area contributed by atoms with Crippen LogP contribution < -0.4 is 15.9 Å². The number of anilines is 1. The highest BCUT2D eigenvalue weighted by atomic mass is 16.5. The predicted molar refractivity (Wildman–Crippen MR) is 91.1 cm³/mol. The Balaban J connectivity index is 1.60. The van der Waals surface area contributed by atoms with Crippen LogP contribution in [0, 0.1) is 0 Å². The SMILES string of the molecule is O=c1nc(N/N=C/c2cccc(OCc3ccccc3)c2)cn[nH]1. The first-order chi connectivity index (χ1) is 11.8. The molecule has 0 saturated heterocycles. The highest BCUT2D eigenvalue weighted by Crippen LogP contribution is 2.14. The van der Waals surface area contributed by atoms with Crippen LogP contribution in [0.2, 0.25) is 0 Å². The molecule has 120 valence electrons. The number of ether oxygens (including phenoxy) is 1. The maximum absolute atomic E-state index is 11.0. The number of hydrazone groups is 1. The first kappa shape index (κ1) is 15.4. The number of hydrogen-bond donors (Lipinski definition) is 2. The van der Waals surface area contributed by atoms with Gasteiger partial charge in [-0.15, -0.1) is 0 Å². The molecule has 2 N–H and O–H groups in total. The van der Waals surface area contributed by atoms with Crippen molar-refractivity contribution in [3.63, 3.8) is 0 Å². The third kappa shape index (κ3) is 4.51. The van der Waals surface area contributed by atoms with Gasteiger partial charge in [0.2, 0.25) is 0 Å². The monoisotopic (exact) mass is 321 g/mol. The second kappa shape index (κ2) is 7.68. The standard InChI is InChI=1S/C17H15N5O2/c23-17-20-16(11-19-22-17)21-18-10-14-7-4-8-15(9-14)24-12-13-5-2-1-3-6-13/h1-11H,12H2,(H2,20,21,22,23)/b18-10+. The summed E-state index contributed by atoms with van der Waals surface area (Å²) in [6.07, 6.45) is 2.98. The van der Waals surface area contributed by atoms with Crippen LogP contribution in [0.4, 0.5) is 5.82 Å². The molecule has 0 unspecified atom stereocenters. The van der Waals surface area contributed by atoms with Crippen molar-refractivity contribution in [2.24, 2.45) is 5.10 Å². The lowest BCUT2D eigenvalue weighted by Crippen LogP contribution is -2.13. The Morgan fingerprint density at radius 1 is 1.17 bits per heavy atom. The van der Waals surface area contributed by atoms with Gasteiger partial charge in [-0.25, -0.2) is 9.89 Å². The highest BCUT2D eigenvalue weighted by molar-refractivity contribution is 5.80. The Kier molecular flexibility index (Phi) is 4.94. The maximum Gasteiger partial charge on any atom is 0.363 e. The predicted octanol–water partition coefficient (Wildman–Crippen LogP) is 2.19. The Morgan fingerprint density at radius 2 is 2.04 bits per heavy atom. The van der Waals surface area contributed by atoms with E-state index in [0.29, 0.717) is 6.61 Å². The van der Waals surface area contributed by atoms with E-state index < -0.39 is 5.69 Å². The molecule has 0 amide bonds. The third-order valence-electron chi connectivity index (χ3n) is 3.07. The first-order valence-corrected chi connectivity index (χ1v) is 7.27. The van der Waals surface area contributed by atoms with Crippen molar-refractivity contribution in [3.05, 3.63) is 82.4 Å². The molecule has 2 aromatic carbocycles. The van der Waals surface area contributed by atoms with E-state index in [1.165, 1.54) is 6.20 Å². The second-order valence-electron chi connectivity index (χ2n) is 4.89. The van der Waals surface area contributed by atoms with E-state index in [1.54, 1.807) is 6.21 Å². The lowest BCUT2D eigenvalue weighted by Gasteiger charge is -2.06. The molecule has 0 aliphatic rings. The van der Waals surface area contributed by atoms with Crippen molar-refractivity contribution in [2.75, 3.05) is 5.43 Å². The lowest BCUT2D eigenvalue weighted by atomic mass is 10.2. The molecule has 0 aliphatic carbocycles. The largest absolute Gasteiger partial charge is 0.489 e. The van der Waals surface area contributed by atoms with Crippen molar-refractivity contribution < 1.29 is 4.74 Å². The molecule has 24 heavy (non-hydrogen) atoms. The van der Waals surface area contributed by atoms with Crippen LogP contribution in [0.5, 0.6) is 5.75 Å². The lowest BCUT2D eigenvalue weighted by molar-refractivity contribution is 0.306. The van der Waals surface area contributed by atoms with Crippen LogP contribution in [-0.2, 0) is 6.61 Å². The zero-order valence-corrected chi connectivity index (χ0v) is 12.7. The van der Waals surface area contributed by atoms with E-state index in [-0.39, 0.29) is 5.82 Å². The molecule has 7 nitrogen and oxygen atoms in total. The summed E-state index contributed by atoms with van der Waals surface area (Å²) < 4.78 is 5.76. The van der Waals surface area contributed by atoms with E-state index in [4.69, 9.17) is 4.74 Å². The molecule has 0 fully saturated rings. The van der Waals surface area contributed by atoms with Gasteiger partial charge < -0.3 is 4.74 Å². The molecular weight excluding hydrogens is 306 g/mol. The van der Waals surface area contributed by atoms with Crippen LogP contribution in [0.3, 0.4) is 0 Å². The Hall–Kier alpha value is -3.48. The van der Waals surface area contributed by atoms with Crippen LogP contribution >= 0.6 is 0 Å². The number of benzene rings is 2. The average Bonchev–Trinajstić information content (AvgIpc) is 2.61. The van der Waals surface area contributed by atoms with Gasteiger partial charge in [-0.2, -0.15) is 15.2 Å². The molecule has 0 atom stereocenters. The molecule has 0 spiro atoms. The summed E-state index contributed by atoms with van der Waals surface area (Å²) in [6, 6.07) is 17.5. The normalized spacial score (nSPS) is 10.7. The summed E-state index contributed by atoms with van der Waals surface area (Å²) in [5.74, 6) is 1.02. The molecule has 1 aromatic heterocycles. The van der Waals surface area contributed by atoms with Crippen LogP contribution in [-0.4, -0.2) is 21.4 Å². The van der Waals surface area contributed by atoms with Crippen LogP contribution in [0.15, 0.2) is 70.7 Å². The fourth-order valence-corrected chi connectivity index (χ4v) is 1.96. The summed E-state index contributed by atoms with van der Waals surface area (Å²) in [6.45, 7) is 0.502. The highest BCUT2D eigenvalue weighted by Gasteiger charge is 1.97. The minimum atomic E-state index is -0.536. The van der Waals surface area contributed by atoms with Crippen molar-refractivity contribution in [2.45, 2.75) is 6.61 Å². The van der Waals surface area contributed by atoms with Gasteiger partial charge in [-0.05, 0) is 23.3 Å². The first-order valence-electron chi connectivity index (χ1n) is 7.27. The van der Waals surface area contributed by atoms with Gasteiger partial charge >= 0.3 is 5.69 Å². The Labute approximate surface area is 138 Å². The van der Waals surface area contributed by atoms with E-state index in [0.717, 1.165) is 16.9 Å². The number of aromatic amines is 1. The summed E-state index contributed by atoms with van der Waals surface area (Å²) in [7, 11) is 0. The number of hydrogen-bond acceptors (Lipinski definition) is 6. The summed E-state index contributed by atoms with van der Waals surface area (Å²) in [5, 5.41) is 9.84. The molecule has 0 aliphatic heterocycles. The van der Waals surface area contributed by atoms with Crippen LogP contribution in [0.25, 0.3) is 0 Å². The zero-order chi connectivity index (χ0) is 16.6. The smallest absolute Gasteiger partial charge is 0.363 e. The number of aromatic nitrogens is 3. The van der Waals surface area contributed by atoms with Crippen LogP contribution in [0.1, 0.15) is 11.1 Å². The van der Waals surface area contributed by atoms with Gasteiger partial charge in [-0.3, -0.25) is 5.43 Å². The molecule has 0 bridgehead atoms. The number of nitrogens with one attached hydrogen (secondary N) is 2. The fourth-order valence-electron chi connectivity index (χ4n) is 1.96. The Bertz CT molecular complexity index is 877. The molecule has 7 heteroatoms.